The first-order valence-electron chi connectivity index (χ1n) is 6.66. The van der Waals surface area contributed by atoms with Gasteiger partial charge in [-0.15, -0.1) is 0 Å². The molecule has 2 rings (SSSR count). The molecule has 0 N–H and O–H groups in total. The molecule has 0 aromatic heterocycles. The Hall–Kier alpha value is -0.763. The molecule has 2 heteroatoms. The average molecular weight is 233 g/mol. The maximum Gasteiger partial charge on any atom is 0.140 e. The second-order valence-electron chi connectivity index (χ2n) is 4.94. The summed E-state index contributed by atoms with van der Waals surface area (Å²) in [5.41, 5.74) is 1.47. The summed E-state index contributed by atoms with van der Waals surface area (Å²) in [4.78, 5) is 0. The Morgan fingerprint density at radius 2 is 1.81 bits per heavy atom. The summed E-state index contributed by atoms with van der Waals surface area (Å²) in [5, 5.41) is 0. The van der Waals surface area contributed by atoms with Crippen molar-refractivity contribution in [1.29, 1.82) is 0 Å². The van der Waals surface area contributed by atoms with Gasteiger partial charge in [0, 0.05) is 11.7 Å². The molecule has 0 saturated carbocycles. The predicted molar refractivity (Wildman–Crippen MR) is 74.7 cm³/mol. The third kappa shape index (κ3) is 2.49. The fourth-order valence-electron chi connectivity index (χ4n) is 2.80. The van der Waals surface area contributed by atoms with Crippen LogP contribution in [0.5, 0.6) is 0 Å². The second-order valence-corrected chi connectivity index (χ2v) is 7.96. The van der Waals surface area contributed by atoms with Crippen molar-refractivity contribution in [2.45, 2.75) is 51.2 Å². The standard InChI is InChI=1S/C14H23NSi/c1-3-13(2)15(16-11-7-8-12-16)14-9-5-4-6-10-14/h4-6,9-10,13,16H,3,7-8,11-12H2,1-2H3. The molecule has 1 saturated heterocycles. The van der Waals surface area contributed by atoms with Crippen molar-refractivity contribution in [1.82, 2.24) is 0 Å². The highest BCUT2D eigenvalue weighted by Gasteiger charge is 2.27. The summed E-state index contributed by atoms with van der Waals surface area (Å²) in [6.07, 6.45) is 4.20. The van der Waals surface area contributed by atoms with Gasteiger partial charge in [-0.1, -0.05) is 38.0 Å². The van der Waals surface area contributed by atoms with E-state index in [0.717, 1.165) is 6.04 Å². The lowest BCUT2D eigenvalue weighted by molar-refractivity contribution is 0.704. The topological polar surface area (TPSA) is 3.24 Å². The summed E-state index contributed by atoms with van der Waals surface area (Å²) in [7, 11) is -0.665. The lowest BCUT2D eigenvalue weighted by Gasteiger charge is -2.36. The van der Waals surface area contributed by atoms with Crippen molar-refractivity contribution in [2.75, 3.05) is 4.57 Å². The van der Waals surface area contributed by atoms with E-state index in [9.17, 15) is 0 Å². The number of hydrogen-bond acceptors (Lipinski definition) is 1. The van der Waals surface area contributed by atoms with Gasteiger partial charge in [-0.2, -0.15) is 0 Å². The zero-order valence-corrected chi connectivity index (χ0v) is 11.7. The number of benzene rings is 1. The van der Waals surface area contributed by atoms with E-state index in [0.29, 0.717) is 0 Å². The minimum absolute atomic E-state index is 0.665. The molecule has 88 valence electrons. The predicted octanol–water partition coefficient (Wildman–Crippen LogP) is 3.81. The summed E-state index contributed by atoms with van der Waals surface area (Å²) >= 11 is 0. The number of nitrogens with zero attached hydrogens (tertiary/aromatic N) is 1. The zero-order chi connectivity index (χ0) is 11.4. The minimum Gasteiger partial charge on any atom is -0.398 e. The van der Waals surface area contributed by atoms with Gasteiger partial charge in [0.1, 0.15) is 8.96 Å². The van der Waals surface area contributed by atoms with Crippen LogP contribution < -0.4 is 4.57 Å². The fourth-order valence-corrected chi connectivity index (χ4v) is 6.69. The number of hydrogen-bond donors (Lipinski definition) is 0. The van der Waals surface area contributed by atoms with Crippen molar-refractivity contribution in [2.24, 2.45) is 0 Å². The van der Waals surface area contributed by atoms with Crippen LogP contribution in [0.2, 0.25) is 12.1 Å². The van der Waals surface area contributed by atoms with E-state index < -0.39 is 8.96 Å². The number of rotatable bonds is 4. The van der Waals surface area contributed by atoms with Gasteiger partial charge in [0.25, 0.3) is 0 Å². The summed E-state index contributed by atoms with van der Waals surface area (Å²) in [5.74, 6) is 0. The first-order valence-corrected chi connectivity index (χ1v) is 8.81. The Balaban J connectivity index is 2.20. The van der Waals surface area contributed by atoms with Gasteiger partial charge in [0.15, 0.2) is 0 Å². The summed E-state index contributed by atoms with van der Waals surface area (Å²) in [6, 6.07) is 14.8. The molecule has 0 aliphatic carbocycles. The molecule has 1 atom stereocenters. The molecular formula is C14H23NSi. The van der Waals surface area contributed by atoms with Crippen LogP contribution in [0.25, 0.3) is 0 Å². The molecule has 1 aromatic carbocycles. The van der Waals surface area contributed by atoms with E-state index >= 15 is 0 Å². The van der Waals surface area contributed by atoms with Crippen LogP contribution in [-0.4, -0.2) is 15.0 Å². The van der Waals surface area contributed by atoms with Crippen molar-refractivity contribution in [3.8, 4) is 0 Å². The van der Waals surface area contributed by atoms with E-state index in [4.69, 9.17) is 0 Å². The molecule has 1 aliphatic heterocycles. The molecule has 1 aliphatic rings. The first kappa shape index (κ1) is 11.7. The Morgan fingerprint density at radius 3 is 2.38 bits per heavy atom. The maximum absolute atomic E-state index is 2.78. The van der Waals surface area contributed by atoms with Crippen LogP contribution in [0, 0.1) is 0 Å². The lowest BCUT2D eigenvalue weighted by Crippen LogP contribution is -2.43. The van der Waals surface area contributed by atoms with E-state index in [2.05, 4.69) is 48.7 Å². The van der Waals surface area contributed by atoms with Gasteiger partial charge in [-0.3, -0.25) is 0 Å². The van der Waals surface area contributed by atoms with E-state index in [1.807, 2.05) is 0 Å². The Kier molecular flexibility index (Phi) is 4.05. The van der Waals surface area contributed by atoms with Gasteiger partial charge in [-0.25, -0.2) is 0 Å². The van der Waals surface area contributed by atoms with Crippen LogP contribution in [-0.2, 0) is 0 Å². The molecule has 1 unspecified atom stereocenters. The van der Waals surface area contributed by atoms with Crippen LogP contribution in [0.15, 0.2) is 30.3 Å². The second kappa shape index (κ2) is 5.53. The number of para-hydroxylation sites is 1. The molecule has 1 aromatic rings. The van der Waals surface area contributed by atoms with Gasteiger partial charge in [-0.05, 0) is 37.6 Å². The fraction of sp³-hybridized carbons (Fsp3) is 0.571. The molecule has 1 nitrogen and oxygen atoms in total. The Labute approximate surface area is 101 Å². The molecule has 0 spiro atoms. The Morgan fingerprint density at radius 1 is 1.19 bits per heavy atom. The first-order chi connectivity index (χ1) is 7.83. The number of anilines is 1. The molecule has 1 fully saturated rings. The highest BCUT2D eigenvalue weighted by atomic mass is 28.3. The molecule has 1 heterocycles. The molecule has 0 amide bonds. The highest BCUT2D eigenvalue weighted by Crippen LogP contribution is 2.29. The van der Waals surface area contributed by atoms with Crippen LogP contribution in [0.4, 0.5) is 5.69 Å². The van der Waals surface area contributed by atoms with Crippen molar-refractivity contribution < 1.29 is 0 Å². The van der Waals surface area contributed by atoms with Crippen LogP contribution >= 0.6 is 0 Å². The monoisotopic (exact) mass is 233 g/mol. The van der Waals surface area contributed by atoms with E-state index in [1.165, 1.54) is 37.0 Å². The third-order valence-electron chi connectivity index (χ3n) is 3.84. The molecule has 16 heavy (non-hydrogen) atoms. The summed E-state index contributed by atoms with van der Waals surface area (Å²) in [6.45, 7) is 4.70. The largest absolute Gasteiger partial charge is 0.398 e. The van der Waals surface area contributed by atoms with Crippen molar-refractivity contribution >= 4 is 14.6 Å². The maximum atomic E-state index is 2.78. The van der Waals surface area contributed by atoms with Gasteiger partial charge in [0.2, 0.25) is 0 Å². The Bertz CT molecular complexity index is 306. The third-order valence-corrected chi connectivity index (χ3v) is 7.58. The highest BCUT2D eigenvalue weighted by molar-refractivity contribution is 6.64. The van der Waals surface area contributed by atoms with Crippen molar-refractivity contribution in [3.05, 3.63) is 30.3 Å². The average Bonchev–Trinajstić information content (AvgIpc) is 2.84. The van der Waals surface area contributed by atoms with E-state index in [-0.39, 0.29) is 0 Å². The molecule has 0 radical (unpaired) electrons. The van der Waals surface area contributed by atoms with Gasteiger partial charge < -0.3 is 4.57 Å². The molecule has 0 bridgehead atoms. The van der Waals surface area contributed by atoms with Crippen LogP contribution in [0.1, 0.15) is 33.1 Å². The van der Waals surface area contributed by atoms with Crippen LogP contribution in [0.3, 0.4) is 0 Å². The smallest absolute Gasteiger partial charge is 0.140 e. The van der Waals surface area contributed by atoms with Gasteiger partial charge in [0.05, 0.1) is 0 Å². The molecular weight excluding hydrogens is 210 g/mol. The quantitative estimate of drug-likeness (QED) is 0.715. The van der Waals surface area contributed by atoms with Gasteiger partial charge >= 0.3 is 0 Å². The minimum atomic E-state index is -0.665. The van der Waals surface area contributed by atoms with E-state index in [1.54, 1.807) is 0 Å². The lowest BCUT2D eigenvalue weighted by atomic mass is 10.2. The van der Waals surface area contributed by atoms with Crippen molar-refractivity contribution in [3.63, 3.8) is 0 Å². The zero-order valence-electron chi connectivity index (χ0n) is 10.5. The normalized spacial score (nSPS) is 18.6. The SMILES string of the molecule is CCC(C)N(c1ccccc1)[SiH]1CCCC1. The summed E-state index contributed by atoms with van der Waals surface area (Å²) < 4.78 is 2.78.